The zero-order valence-corrected chi connectivity index (χ0v) is 8.90. The zero-order chi connectivity index (χ0) is 10.8. The molecule has 2 aromatic rings. The van der Waals surface area contributed by atoms with E-state index in [-0.39, 0.29) is 5.78 Å². The quantitative estimate of drug-likeness (QED) is 0.728. The van der Waals surface area contributed by atoms with E-state index in [2.05, 4.69) is 4.98 Å². The molecule has 0 atom stereocenters. The Morgan fingerprint density at radius 1 is 1.47 bits per heavy atom. The van der Waals surface area contributed by atoms with Crippen molar-refractivity contribution in [2.24, 2.45) is 7.05 Å². The largest absolute Gasteiger partial charge is 0.331 e. The number of halogens is 1. The first-order valence-electron chi connectivity index (χ1n) is 4.46. The molecule has 1 aromatic carbocycles. The van der Waals surface area contributed by atoms with Crippen LogP contribution in [0.3, 0.4) is 0 Å². The van der Waals surface area contributed by atoms with E-state index in [1.54, 1.807) is 48.3 Å². The van der Waals surface area contributed by atoms with Gasteiger partial charge in [-0.2, -0.15) is 0 Å². The monoisotopic (exact) mass is 220 g/mol. The molecular weight excluding hydrogens is 212 g/mol. The molecule has 0 bridgehead atoms. The number of nitrogens with zero attached hydrogens (tertiary/aromatic N) is 2. The highest BCUT2D eigenvalue weighted by atomic mass is 35.5. The van der Waals surface area contributed by atoms with Crippen LogP contribution >= 0.6 is 11.6 Å². The van der Waals surface area contributed by atoms with Gasteiger partial charge in [-0.05, 0) is 12.1 Å². The molecule has 0 saturated carbocycles. The topological polar surface area (TPSA) is 34.9 Å². The van der Waals surface area contributed by atoms with Gasteiger partial charge < -0.3 is 4.57 Å². The zero-order valence-electron chi connectivity index (χ0n) is 8.14. The molecule has 0 saturated heterocycles. The van der Waals surface area contributed by atoms with Crippen LogP contribution < -0.4 is 0 Å². The third kappa shape index (κ3) is 1.92. The average molecular weight is 221 g/mol. The third-order valence-corrected chi connectivity index (χ3v) is 2.35. The number of aromatic nitrogens is 2. The van der Waals surface area contributed by atoms with Crippen molar-refractivity contribution in [1.29, 1.82) is 0 Å². The molecular formula is C11H9ClN2O. The predicted molar refractivity (Wildman–Crippen MR) is 58.1 cm³/mol. The second-order valence-electron chi connectivity index (χ2n) is 3.20. The number of carbonyl (C=O) groups excluding carboxylic acids is 1. The van der Waals surface area contributed by atoms with E-state index >= 15 is 0 Å². The van der Waals surface area contributed by atoms with Crippen LogP contribution in [0.5, 0.6) is 0 Å². The Kier molecular flexibility index (Phi) is 2.56. The first kappa shape index (κ1) is 9.93. The average Bonchev–Trinajstić information content (AvgIpc) is 2.63. The predicted octanol–water partition coefficient (Wildman–Crippen LogP) is 2.30. The Bertz CT molecular complexity index is 505. The lowest BCUT2D eigenvalue weighted by molar-refractivity contribution is 0.102. The number of carbonyl (C=O) groups is 1. The van der Waals surface area contributed by atoms with Gasteiger partial charge in [0.05, 0.1) is 0 Å². The summed E-state index contributed by atoms with van der Waals surface area (Å²) in [6.07, 6.45) is 3.33. The number of hydrogen-bond acceptors (Lipinski definition) is 2. The summed E-state index contributed by atoms with van der Waals surface area (Å²) in [5.74, 6) is 0.294. The van der Waals surface area contributed by atoms with Gasteiger partial charge in [0.15, 0.2) is 5.82 Å². The molecule has 0 aliphatic carbocycles. The molecule has 0 fully saturated rings. The van der Waals surface area contributed by atoms with E-state index in [0.717, 1.165) is 0 Å². The minimum absolute atomic E-state index is 0.120. The summed E-state index contributed by atoms with van der Waals surface area (Å²) in [5, 5.41) is 0.551. The van der Waals surface area contributed by atoms with E-state index in [4.69, 9.17) is 11.6 Å². The van der Waals surface area contributed by atoms with Gasteiger partial charge >= 0.3 is 0 Å². The van der Waals surface area contributed by atoms with Gasteiger partial charge in [0.1, 0.15) is 0 Å². The normalized spacial score (nSPS) is 10.3. The van der Waals surface area contributed by atoms with Crippen molar-refractivity contribution >= 4 is 17.4 Å². The second kappa shape index (κ2) is 3.87. The van der Waals surface area contributed by atoms with Gasteiger partial charge in [-0.3, -0.25) is 4.79 Å². The van der Waals surface area contributed by atoms with E-state index in [1.807, 2.05) is 0 Å². The maximum atomic E-state index is 11.9. The summed E-state index contributed by atoms with van der Waals surface area (Å²) < 4.78 is 1.68. The minimum atomic E-state index is -0.120. The molecule has 3 nitrogen and oxygen atoms in total. The molecule has 1 aromatic heterocycles. The summed E-state index contributed by atoms with van der Waals surface area (Å²) >= 11 is 5.81. The summed E-state index contributed by atoms with van der Waals surface area (Å²) in [6.45, 7) is 0. The summed E-state index contributed by atoms with van der Waals surface area (Å²) in [5.41, 5.74) is 0.553. The van der Waals surface area contributed by atoms with Crippen LogP contribution in [0.15, 0.2) is 36.7 Å². The van der Waals surface area contributed by atoms with Crippen LogP contribution in [-0.2, 0) is 7.05 Å². The number of rotatable bonds is 2. The van der Waals surface area contributed by atoms with Gasteiger partial charge in [0, 0.05) is 30.0 Å². The van der Waals surface area contributed by atoms with Crippen LogP contribution in [-0.4, -0.2) is 15.3 Å². The van der Waals surface area contributed by atoms with Crippen molar-refractivity contribution in [3.63, 3.8) is 0 Å². The van der Waals surface area contributed by atoms with Gasteiger partial charge in [-0.15, -0.1) is 0 Å². The Morgan fingerprint density at radius 3 is 2.87 bits per heavy atom. The first-order valence-corrected chi connectivity index (χ1v) is 4.84. The Morgan fingerprint density at radius 2 is 2.27 bits per heavy atom. The molecule has 0 amide bonds. The lowest BCUT2D eigenvalue weighted by Gasteiger charge is -2.01. The molecule has 76 valence electrons. The van der Waals surface area contributed by atoms with Crippen LogP contribution in [0.2, 0.25) is 5.02 Å². The second-order valence-corrected chi connectivity index (χ2v) is 3.64. The maximum Gasteiger partial charge on any atom is 0.228 e. The molecule has 2 rings (SSSR count). The van der Waals surface area contributed by atoms with Gasteiger partial charge in [0.2, 0.25) is 5.78 Å². The lowest BCUT2D eigenvalue weighted by Crippen LogP contribution is -2.08. The van der Waals surface area contributed by atoms with Crippen molar-refractivity contribution in [3.05, 3.63) is 53.1 Å². The maximum absolute atomic E-state index is 11.9. The summed E-state index contributed by atoms with van der Waals surface area (Å²) in [7, 11) is 1.78. The van der Waals surface area contributed by atoms with E-state index in [0.29, 0.717) is 16.4 Å². The fourth-order valence-corrected chi connectivity index (χ4v) is 1.53. The van der Waals surface area contributed by atoms with Crippen LogP contribution in [0, 0.1) is 0 Å². The molecule has 0 aliphatic rings. The Hall–Kier alpha value is -1.61. The summed E-state index contributed by atoms with van der Waals surface area (Å²) in [6, 6.07) is 6.84. The molecule has 0 spiro atoms. The minimum Gasteiger partial charge on any atom is -0.331 e. The Balaban J connectivity index is 2.41. The van der Waals surface area contributed by atoms with Crippen molar-refractivity contribution in [3.8, 4) is 0 Å². The molecule has 0 aliphatic heterocycles. The first-order chi connectivity index (χ1) is 7.18. The van der Waals surface area contributed by atoms with E-state index in [1.165, 1.54) is 0 Å². The highest BCUT2D eigenvalue weighted by Crippen LogP contribution is 2.13. The van der Waals surface area contributed by atoms with Crippen molar-refractivity contribution in [2.45, 2.75) is 0 Å². The summed E-state index contributed by atoms with van der Waals surface area (Å²) in [4.78, 5) is 15.9. The van der Waals surface area contributed by atoms with Gasteiger partial charge in [-0.1, -0.05) is 23.7 Å². The smallest absolute Gasteiger partial charge is 0.228 e. The van der Waals surface area contributed by atoms with E-state index in [9.17, 15) is 4.79 Å². The van der Waals surface area contributed by atoms with Crippen molar-refractivity contribution in [1.82, 2.24) is 9.55 Å². The van der Waals surface area contributed by atoms with Crippen LogP contribution in [0.4, 0.5) is 0 Å². The molecule has 0 radical (unpaired) electrons. The number of ketones is 1. The molecule has 0 N–H and O–H groups in total. The van der Waals surface area contributed by atoms with Gasteiger partial charge in [-0.25, -0.2) is 4.98 Å². The SMILES string of the molecule is Cn1ccnc1C(=O)c1cccc(Cl)c1. The lowest BCUT2D eigenvalue weighted by atomic mass is 10.1. The number of hydrogen-bond donors (Lipinski definition) is 0. The third-order valence-electron chi connectivity index (χ3n) is 2.11. The fraction of sp³-hybridized carbons (Fsp3) is 0.0909. The molecule has 4 heteroatoms. The van der Waals surface area contributed by atoms with Crippen molar-refractivity contribution in [2.75, 3.05) is 0 Å². The van der Waals surface area contributed by atoms with Crippen molar-refractivity contribution < 1.29 is 4.79 Å². The Labute approximate surface area is 92.3 Å². The highest BCUT2D eigenvalue weighted by molar-refractivity contribution is 6.31. The van der Waals surface area contributed by atoms with Gasteiger partial charge in [0.25, 0.3) is 0 Å². The number of imidazole rings is 1. The molecule has 1 heterocycles. The van der Waals surface area contributed by atoms with E-state index < -0.39 is 0 Å². The van der Waals surface area contributed by atoms with Crippen LogP contribution in [0.1, 0.15) is 16.2 Å². The molecule has 0 unspecified atom stereocenters. The standard InChI is InChI=1S/C11H9ClN2O/c1-14-6-5-13-11(14)10(15)8-3-2-4-9(12)7-8/h2-7H,1H3. The molecule has 15 heavy (non-hydrogen) atoms. The number of aryl methyl sites for hydroxylation is 1. The fourth-order valence-electron chi connectivity index (χ4n) is 1.34. The van der Waals surface area contributed by atoms with Crippen LogP contribution in [0.25, 0.3) is 0 Å². The highest BCUT2D eigenvalue weighted by Gasteiger charge is 2.13. The number of benzene rings is 1.